The summed E-state index contributed by atoms with van der Waals surface area (Å²) in [7, 11) is 0. The van der Waals surface area contributed by atoms with Gasteiger partial charge in [-0.15, -0.1) is 0 Å². The van der Waals surface area contributed by atoms with E-state index in [0.29, 0.717) is 12.9 Å². The largest absolute Gasteiger partial charge is 0.462 e. The van der Waals surface area contributed by atoms with E-state index in [1.807, 2.05) is 69.3 Å². The zero-order chi connectivity index (χ0) is 22.6. The molecular weight excluding hydrogens is 382 g/mol. The maximum Gasteiger partial charge on any atom is 0.293 e. The SMILES string of the molecule is CC(=O)Nc1ccc(CCc2ccc(CC(=O)NN)cc2)cc1.CC(C)(C)OC=O. The first-order chi connectivity index (χ1) is 14.1. The Morgan fingerprint density at radius 3 is 1.77 bits per heavy atom. The molecule has 0 radical (unpaired) electrons. The number of carbonyl (C=O) groups is 3. The molecule has 2 amide bonds. The third-order valence-electron chi connectivity index (χ3n) is 3.93. The molecule has 0 aromatic heterocycles. The van der Waals surface area contributed by atoms with Crippen molar-refractivity contribution in [3.8, 4) is 0 Å². The van der Waals surface area contributed by atoms with Gasteiger partial charge < -0.3 is 10.1 Å². The van der Waals surface area contributed by atoms with E-state index in [0.717, 1.165) is 24.1 Å². The third kappa shape index (κ3) is 11.0. The number of benzene rings is 2. The van der Waals surface area contributed by atoms with Gasteiger partial charge in [0.1, 0.15) is 5.60 Å². The number of aryl methyl sites for hydroxylation is 2. The molecule has 30 heavy (non-hydrogen) atoms. The maximum absolute atomic E-state index is 11.2. The molecule has 0 saturated carbocycles. The number of nitrogens with two attached hydrogens (primary N) is 1. The molecule has 0 saturated heterocycles. The first-order valence-electron chi connectivity index (χ1n) is 9.68. The lowest BCUT2D eigenvalue weighted by Gasteiger charge is -2.14. The number of nitrogens with one attached hydrogen (secondary N) is 2. The Balaban J connectivity index is 0.000000553. The molecule has 2 rings (SSSR count). The summed E-state index contributed by atoms with van der Waals surface area (Å²) in [5, 5.41) is 2.75. The van der Waals surface area contributed by atoms with E-state index in [4.69, 9.17) is 5.84 Å². The Labute approximate surface area is 178 Å². The molecule has 0 aliphatic carbocycles. The van der Waals surface area contributed by atoms with Crippen molar-refractivity contribution in [2.45, 2.75) is 52.6 Å². The first kappa shape index (κ1) is 24.8. The van der Waals surface area contributed by atoms with Crippen molar-refractivity contribution in [1.29, 1.82) is 0 Å². The second-order valence-corrected chi connectivity index (χ2v) is 7.77. The van der Waals surface area contributed by atoms with E-state index in [1.165, 1.54) is 18.1 Å². The summed E-state index contributed by atoms with van der Waals surface area (Å²) in [6, 6.07) is 15.8. The Hall–Kier alpha value is -3.19. The van der Waals surface area contributed by atoms with Crippen LogP contribution >= 0.6 is 0 Å². The number of hydrogen-bond donors (Lipinski definition) is 3. The van der Waals surface area contributed by atoms with Gasteiger partial charge in [0.2, 0.25) is 11.8 Å². The molecule has 7 nitrogen and oxygen atoms in total. The van der Waals surface area contributed by atoms with Crippen LogP contribution in [0.15, 0.2) is 48.5 Å². The average Bonchev–Trinajstić information content (AvgIpc) is 2.67. The lowest BCUT2D eigenvalue weighted by atomic mass is 10.0. The molecule has 0 bridgehead atoms. The van der Waals surface area contributed by atoms with Crippen LogP contribution in [0.25, 0.3) is 0 Å². The van der Waals surface area contributed by atoms with Crippen molar-refractivity contribution < 1.29 is 19.1 Å². The van der Waals surface area contributed by atoms with Gasteiger partial charge in [0.05, 0.1) is 6.42 Å². The Morgan fingerprint density at radius 1 is 0.933 bits per heavy atom. The zero-order valence-electron chi connectivity index (χ0n) is 18.0. The van der Waals surface area contributed by atoms with Crippen LogP contribution in [-0.4, -0.2) is 23.9 Å². The molecule has 2 aromatic carbocycles. The molecule has 0 aliphatic rings. The summed E-state index contributed by atoms with van der Waals surface area (Å²) >= 11 is 0. The molecule has 7 heteroatoms. The van der Waals surface area contributed by atoms with Crippen LogP contribution in [0.5, 0.6) is 0 Å². The monoisotopic (exact) mass is 413 g/mol. The van der Waals surface area contributed by atoms with Gasteiger partial charge in [-0.25, -0.2) is 5.84 Å². The summed E-state index contributed by atoms with van der Waals surface area (Å²) in [6.45, 7) is 7.42. The van der Waals surface area contributed by atoms with Gasteiger partial charge in [-0.2, -0.15) is 0 Å². The molecule has 0 heterocycles. The van der Waals surface area contributed by atoms with Gasteiger partial charge in [-0.1, -0.05) is 36.4 Å². The van der Waals surface area contributed by atoms with Crippen LogP contribution in [-0.2, 0) is 38.4 Å². The number of anilines is 1. The van der Waals surface area contributed by atoms with E-state index in [2.05, 4.69) is 15.5 Å². The minimum atomic E-state index is -0.318. The van der Waals surface area contributed by atoms with Crippen LogP contribution in [0, 0.1) is 0 Å². The minimum absolute atomic E-state index is 0.0684. The van der Waals surface area contributed by atoms with Crippen LogP contribution in [0.1, 0.15) is 44.4 Å². The Kier molecular flexibility index (Phi) is 10.3. The molecule has 4 N–H and O–H groups in total. The highest BCUT2D eigenvalue weighted by atomic mass is 16.5. The van der Waals surface area contributed by atoms with Crippen molar-refractivity contribution in [2.24, 2.45) is 5.84 Å². The topological polar surface area (TPSA) is 111 Å². The smallest absolute Gasteiger partial charge is 0.293 e. The van der Waals surface area contributed by atoms with Crippen molar-refractivity contribution in [1.82, 2.24) is 5.43 Å². The second-order valence-electron chi connectivity index (χ2n) is 7.77. The van der Waals surface area contributed by atoms with E-state index >= 15 is 0 Å². The van der Waals surface area contributed by atoms with Crippen molar-refractivity contribution in [3.05, 3.63) is 65.2 Å². The lowest BCUT2D eigenvalue weighted by molar-refractivity contribution is -0.138. The van der Waals surface area contributed by atoms with Gasteiger partial charge in [-0.05, 0) is 62.4 Å². The quantitative estimate of drug-likeness (QED) is 0.280. The summed E-state index contributed by atoms with van der Waals surface area (Å²) < 4.78 is 4.55. The molecular formula is C23H31N3O4. The van der Waals surface area contributed by atoms with E-state index in [-0.39, 0.29) is 17.4 Å². The fraction of sp³-hybridized carbons (Fsp3) is 0.348. The molecule has 0 fully saturated rings. The highest BCUT2D eigenvalue weighted by Crippen LogP contribution is 2.13. The highest BCUT2D eigenvalue weighted by Gasteiger charge is 2.07. The van der Waals surface area contributed by atoms with Gasteiger partial charge in [-0.3, -0.25) is 19.8 Å². The van der Waals surface area contributed by atoms with Crippen LogP contribution in [0.4, 0.5) is 5.69 Å². The molecule has 0 spiro atoms. The summed E-state index contributed by atoms with van der Waals surface area (Å²) in [4.78, 5) is 31.8. The summed E-state index contributed by atoms with van der Waals surface area (Å²) in [6.07, 6.45) is 2.13. The standard InChI is InChI=1S/C18H21N3O2.C5H10O2/c1-13(22)20-17-10-8-15(9-11-17)3-2-14-4-6-16(7-5-14)12-18(23)21-19;1-5(2,3)7-4-6/h4-11H,2-3,12,19H2,1H3,(H,20,22)(H,21,23);4H,1-3H3. The minimum Gasteiger partial charge on any atom is -0.462 e. The van der Waals surface area contributed by atoms with Gasteiger partial charge in [0.25, 0.3) is 6.47 Å². The fourth-order valence-corrected chi connectivity index (χ4v) is 2.45. The number of hydrazine groups is 1. The lowest BCUT2D eigenvalue weighted by Crippen LogP contribution is -2.31. The van der Waals surface area contributed by atoms with Gasteiger partial charge in [0, 0.05) is 12.6 Å². The van der Waals surface area contributed by atoms with E-state index in [1.54, 1.807) is 0 Å². The first-order valence-corrected chi connectivity index (χ1v) is 9.68. The zero-order valence-corrected chi connectivity index (χ0v) is 18.0. The number of amides is 2. The number of rotatable bonds is 7. The molecule has 162 valence electrons. The summed E-state index contributed by atoms with van der Waals surface area (Å²) in [5.74, 6) is 4.81. The predicted octanol–water partition coefficient (Wildman–Crippen LogP) is 2.92. The van der Waals surface area contributed by atoms with Gasteiger partial charge >= 0.3 is 0 Å². The predicted molar refractivity (Wildman–Crippen MR) is 118 cm³/mol. The van der Waals surface area contributed by atoms with Crippen molar-refractivity contribution >= 4 is 24.0 Å². The van der Waals surface area contributed by atoms with Crippen molar-refractivity contribution in [3.63, 3.8) is 0 Å². The Morgan fingerprint density at radius 2 is 1.40 bits per heavy atom. The van der Waals surface area contributed by atoms with Gasteiger partial charge in [0.15, 0.2) is 0 Å². The van der Waals surface area contributed by atoms with Crippen molar-refractivity contribution in [2.75, 3.05) is 5.32 Å². The number of carbonyl (C=O) groups excluding carboxylic acids is 3. The van der Waals surface area contributed by atoms with Crippen LogP contribution in [0.2, 0.25) is 0 Å². The maximum atomic E-state index is 11.2. The molecule has 0 aliphatic heterocycles. The normalized spacial score (nSPS) is 10.3. The van der Waals surface area contributed by atoms with E-state index in [9.17, 15) is 14.4 Å². The van der Waals surface area contributed by atoms with E-state index < -0.39 is 0 Å². The average molecular weight is 414 g/mol. The van der Waals surface area contributed by atoms with Crippen LogP contribution in [0.3, 0.4) is 0 Å². The highest BCUT2D eigenvalue weighted by molar-refractivity contribution is 5.88. The fourth-order valence-electron chi connectivity index (χ4n) is 2.45. The second kappa shape index (κ2) is 12.4. The molecule has 0 unspecified atom stereocenters. The number of ether oxygens (including phenoxy) is 1. The summed E-state index contributed by atoms with van der Waals surface area (Å²) in [5.41, 5.74) is 5.99. The van der Waals surface area contributed by atoms with Crippen LogP contribution < -0.4 is 16.6 Å². The third-order valence-corrected chi connectivity index (χ3v) is 3.93. The Bertz CT molecular complexity index is 810. The molecule has 2 aromatic rings. The number of hydrogen-bond acceptors (Lipinski definition) is 5. The molecule has 0 atom stereocenters.